The van der Waals surface area contributed by atoms with Crippen molar-refractivity contribution in [3.63, 3.8) is 0 Å². The minimum Gasteiger partial charge on any atom is -0.298 e. The molecule has 0 aromatic heterocycles. The van der Waals surface area contributed by atoms with Crippen molar-refractivity contribution >= 4 is 46.2 Å². The number of amidine groups is 1. The summed E-state index contributed by atoms with van der Waals surface area (Å²) in [5, 5.41) is 1.00. The summed E-state index contributed by atoms with van der Waals surface area (Å²) in [7, 11) is 0. The topological polar surface area (TPSA) is 53.5 Å². The normalized spacial score (nSPS) is 11.1. The first-order chi connectivity index (χ1) is 10.1. The summed E-state index contributed by atoms with van der Waals surface area (Å²) in [6, 6.07) is 14.2. The Balaban J connectivity index is 2.19. The number of hydrogen-bond acceptors (Lipinski definition) is 3. The summed E-state index contributed by atoms with van der Waals surface area (Å²) in [5.74, 6) is -0.0857. The second kappa shape index (κ2) is 7.11. The maximum atomic E-state index is 11.7. The number of nitrogens with one attached hydrogen (secondary N) is 2. The van der Waals surface area contributed by atoms with Gasteiger partial charge in [-0.15, -0.1) is 0 Å². The second-order valence-corrected chi connectivity index (χ2v) is 5.01. The molecule has 2 aromatic carbocycles. The molecule has 0 amide bonds. The number of ketones is 1. The summed E-state index contributed by atoms with van der Waals surface area (Å²) in [4.78, 5) is 15.9. The first kappa shape index (κ1) is 15.4. The van der Waals surface area contributed by atoms with E-state index in [1.54, 1.807) is 36.4 Å². The Morgan fingerprint density at radius 2 is 1.62 bits per heavy atom. The van der Waals surface area contributed by atoms with Crippen LogP contribution in [0.2, 0.25) is 10.0 Å². The molecule has 0 radical (unpaired) electrons. The van der Waals surface area contributed by atoms with Gasteiger partial charge in [-0.05, 0) is 24.3 Å². The highest BCUT2D eigenvalue weighted by Gasteiger charge is 2.08. The minimum absolute atomic E-state index is 0.142. The number of Topliss-reactive ketones (excluding diaryl/α,β-unsaturated/α-hetero) is 1. The van der Waals surface area contributed by atoms with E-state index in [2.05, 4.69) is 15.8 Å². The Bertz CT molecular complexity index is 686. The minimum atomic E-state index is -0.227. The van der Waals surface area contributed by atoms with E-state index in [-0.39, 0.29) is 11.6 Å². The highest BCUT2D eigenvalue weighted by Crippen LogP contribution is 2.24. The number of carbonyl (C=O) groups excluding carboxylic acids is 1. The van der Waals surface area contributed by atoms with Crippen LogP contribution in [0.5, 0.6) is 0 Å². The highest BCUT2D eigenvalue weighted by molar-refractivity contribution is 6.39. The molecule has 0 saturated heterocycles. The molecular formula is C15H13Cl2N3O. The first-order valence-corrected chi connectivity index (χ1v) is 6.94. The molecule has 21 heavy (non-hydrogen) atoms. The van der Waals surface area contributed by atoms with Gasteiger partial charge in [0.15, 0.2) is 11.6 Å². The van der Waals surface area contributed by atoms with Crippen molar-refractivity contribution in [3.05, 3.63) is 58.6 Å². The Hall–Kier alpha value is -2.04. The summed E-state index contributed by atoms with van der Waals surface area (Å²) in [6.45, 7) is 1.41. The predicted octanol–water partition coefficient (Wildman–Crippen LogP) is 4.23. The largest absolute Gasteiger partial charge is 0.298 e. The molecule has 0 aliphatic rings. The van der Waals surface area contributed by atoms with Crippen molar-refractivity contribution in [1.82, 2.24) is 5.43 Å². The molecule has 0 aliphatic heterocycles. The molecule has 0 atom stereocenters. The van der Waals surface area contributed by atoms with Gasteiger partial charge in [0.25, 0.3) is 0 Å². The molecule has 0 bridgehead atoms. The van der Waals surface area contributed by atoms with Gasteiger partial charge >= 0.3 is 0 Å². The number of para-hydroxylation sites is 2. The van der Waals surface area contributed by atoms with Crippen LogP contribution < -0.4 is 10.9 Å². The smallest absolute Gasteiger partial charge is 0.196 e. The summed E-state index contributed by atoms with van der Waals surface area (Å²) < 4.78 is 0. The Morgan fingerprint density at radius 3 is 2.24 bits per heavy atom. The molecule has 0 spiro atoms. The lowest BCUT2D eigenvalue weighted by molar-refractivity contribution is -0.111. The van der Waals surface area contributed by atoms with Gasteiger partial charge in [-0.2, -0.15) is 0 Å². The van der Waals surface area contributed by atoms with Crippen LogP contribution in [-0.4, -0.2) is 11.6 Å². The van der Waals surface area contributed by atoms with E-state index in [1.807, 2.05) is 12.1 Å². The molecule has 0 fully saturated rings. The van der Waals surface area contributed by atoms with Gasteiger partial charge in [0.1, 0.15) is 0 Å². The third kappa shape index (κ3) is 4.21. The van der Waals surface area contributed by atoms with Crippen molar-refractivity contribution in [1.29, 1.82) is 0 Å². The first-order valence-electron chi connectivity index (χ1n) is 6.18. The van der Waals surface area contributed by atoms with Crippen LogP contribution in [0.4, 0.5) is 11.4 Å². The van der Waals surface area contributed by atoms with Crippen LogP contribution in [0, 0.1) is 0 Å². The van der Waals surface area contributed by atoms with Crippen molar-refractivity contribution in [2.24, 2.45) is 4.99 Å². The number of rotatable bonds is 4. The quantitative estimate of drug-likeness (QED) is 0.503. The Kier molecular flexibility index (Phi) is 5.20. The van der Waals surface area contributed by atoms with Crippen LogP contribution >= 0.6 is 23.2 Å². The van der Waals surface area contributed by atoms with Crippen molar-refractivity contribution in [2.75, 3.05) is 5.43 Å². The number of carbonyl (C=O) groups is 1. The number of hydrazine groups is 1. The summed E-state index contributed by atoms with van der Waals surface area (Å²) >= 11 is 12.1. The molecule has 2 aromatic rings. The molecule has 108 valence electrons. The lowest BCUT2D eigenvalue weighted by Crippen LogP contribution is -2.34. The number of halogens is 2. The van der Waals surface area contributed by atoms with Gasteiger partial charge in [0, 0.05) is 6.92 Å². The van der Waals surface area contributed by atoms with E-state index in [9.17, 15) is 4.79 Å². The van der Waals surface area contributed by atoms with Gasteiger partial charge in [0.05, 0.1) is 21.4 Å². The monoisotopic (exact) mass is 321 g/mol. The van der Waals surface area contributed by atoms with Gasteiger partial charge < -0.3 is 0 Å². The fraction of sp³-hybridized carbons (Fsp3) is 0.0667. The molecule has 2 rings (SSSR count). The number of anilines is 1. The number of hydrogen-bond donors (Lipinski definition) is 2. The zero-order valence-corrected chi connectivity index (χ0v) is 12.7. The SMILES string of the molecule is CC(=O)C(=Nc1ccccc1Cl)NNc1ccccc1Cl. The van der Waals surface area contributed by atoms with E-state index in [0.717, 1.165) is 0 Å². The van der Waals surface area contributed by atoms with Gasteiger partial charge in [0.2, 0.25) is 0 Å². The van der Waals surface area contributed by atoms with E-state index in [4.69, 9.17) is 23.2 Å². The zero-order valence-electron chi connectivity index (χ0n) is 11.2. The second-order valence-electron chi connectivity index (χ2n) is 4.20. The van der Waals surface area contributed by atoms with Gasteiger partial charge in [-0.25, -0.2) is 4.99 Å². The van der Waals surface area contributed by atoms with E-state index in [1.165, 1.54) is 6.92 Å². The van der Waals surface area contributed by atoms with E-state index >= 15 is 0 Å². The fourth-order valence-corrected chi connectivity index (χ4v) is 1.91. The van der Waals surface area contributed by atoms with Crippen molar-refractivity contribution in [3.8, 4) is 0 Å². The van der Waals surface area contributed by atoms with E-state index in [0.29, 0.717) is 21.4 Å². The van der Waals surface area contributed by atoms with Crippen LogP contribution in [-0.2, 0) is 4.79 Å². The average Bonchev–Trinajstić information content (AvgIpc) is 2.46. The molecule has 0 saturated carbocycles. The molecular weight excluding hydrogens is 309 g/mol. The lowest BCUT2D eigenvalue weighted by atomic mass is 10.3. The third-order valence-electron chi connectivity index (χ3n) is 2.61. The number of benzene rings is 2. The van der Waals surface area contributed by atoms with Crippen LogP contribution in [0.15, 0.2) is 53.5 Å². The van der Waals surface area contributed by atoms with Gasteiger partial charge in [-0.1, -0.05) is 47.5 Å². The highest BCUT2D eigenvalue weighted by atomic mass is 35.5. The third-order valence-corrected chi connectivity index (χ3v) is 3.26. The average molecular weight is 322 g/mol. The van der Waals surface area contributed by atoms with Crippen LogP contribution in [0.3, 0.4) is 0 Å². The molecule has 6 heteroatoms. The lowest BCUT2D eigenvalue weighted by Gasteiger charge is -2.11. The molecule has 0 unspecified atom stereocenters. The van der Waals surface area contributed by atoms with Crippen LogP contribution in [0.25, 0.3) is 0 Å². The fourth-order valence-electron chi connectivity index (χ4n) is 1.55. The molecule has 4 nitrogen and oxygen atoms in total. The van der Waals surface area contributed by atoms with Crippen molar-refractivity contribution in [2.45, 2.75) is 6.92 Å². The molecule has 0 heterocycles. The number of aliphatic imine (C=N–C) groups is 1. The molecule has 0 aliphatic carbocycles. The number of nitrogens with zero attached hydrogens (tertiary/aromatic N) is 1. The Labute approximate surface area is 132 Å². The Morgan fingerprint density at radius 1 is 1.00 bits per heavy atom. The van der Waals surface area contributed by atoms with E-state index < -0.39 is 0 Å². The standard InChI is InChI=1S/C15H13Cl2N3O/c1-10(21)15(18-13-8-4-2-6-11(13)16)20-19-14-9-5-3-7-12(14)17/h2-9,19H,1H3,(H,18,20). The maximum Gasteiger partial charge on any atom is 0.196 e. The summed E-state index contributed by atoms with van der Waals surface area (Å²) in [6.07, 6.45) is 0. The van der Waals surface area contributed by atoms with Crippen molar-refractivity contribution < 1.29 is 4.79 Å². The zero-order chi connectivity index (χ0) is 15.2. The predicted molar refractivity (Wildman–Crippen MR) is 87.4 cm³/mol. The van der Waals surface area contributed by atoms with Crippen LogP contribution in [0.1, 0.15) is 6.92 Å². The summed E-state index contributed by atoms with van der Waals surface area (Å²) in [5.41, 5.74) is 6.77. The molecule has 2 N–H and O–H groups in total. The van der Waals surface area contributed by atoms with Gasteiger partial charge in [-0.3, -0.25) is 15.6 Å². The maximum absolute atomic E-state index is 11.7.